The molecule has 0 atom stereocenters. The molecule has 4 rings (SSSR count). The van der Waals surface area contributed by atoms with Gasteiger partial charge in [-0.05, 0) is 66.7 Å². The lowest BCUT2D eigenvalue weighted by Crippen LogP contribution is -2.11. The first-order chi connectivity index (χ1) is 13.8. The third-order valence-corrected chi connectivity index (χ3v) is 6.82. The van der Waals surface area contributed by atoms with Crippen LogP contribution >= 0.6 is 11.8 Å². The molecule has 0 radical (unpaired) electrons. The maximum absolute atomic E-state index is 12.7. The van der Waals surface area contributed by atoms with Crippen LogP contribution in [0.4, 0.5) is 8.78 Å². The summed E-state index contributed by atoms with van der Waals surface area (Å²) in [4.78, 5) is 0.220. The maximum atomic E-state index is 12.7. The van der Waals surface area contributed by atoms with Crippen LogP contribution in [0.25, 0.3) is 16.6 Å². The number of methoxy groups -OCH3 is 1. The third kappa shape index (κ3) is 3.42. The Morgan fingerprint density at radius 1 is 1.07 bits per heavy atom. The molecule has 0 saturated carbocycles. The largest absolute Gasteiger partial charge is 0.497 e. The molecule has 0 spiro atoms. The molecule has 0 N–H and O–H groups in total. The first-order valence-electron chi connectivity index (χ1n) is 8.44. The normalized spacial score (nSPS) is 12.2. The summed E-state index contributed by atoms with van der Waals surface area (Å²) >= 11 is 1.25. The van der Waals surface area contributed by atoms with Crippen LogP contribution in [0, 0.1) is 6.92 Å². The van der Waals surface area contributed by atoms with Crippen molar-refractivity contribution in [2.24, 2.45) is 0 Å². The lowest BCUT2D eigenvalue weighted by Gasteiger charge is -2.09. The summed E-state index contributed by atoms with van der Waals surface area (Å²) < 4.78 is 55.8. The lowest BCUT2D eigenvalue weighted by molar-refractivity contribution is 0.234. The molecule has 0 unspecified atom stereocenters. The smallest absolute Gasteiger partial charge is 0.341 e. The van der Waals surface area contributed by atoms with Crippen LogP contribution in [0.2, 0.25) is 0 Å². The summed E-state index contributed by atoms with van der Waals surface area (Å²) in [6.07, 6.45) is 0. The van der Waals surface area contributed by atoms with E-state index in [0.29, 0.717) is 21.4 Å². The Morgan fingerprint density at radius 3 is 2.45 bits per heavy atom. The number of sulfone groups is 1. The number of nitrogens with zero attached hydrogens (tertiary/aromatic N) is 3. The lowest BCUT2D eigenvalue weighted by atomic mass is 10.1. The number of aryl methyl sites for hydroxylation is 1. The minimum Gasteiger partial charge on any atom is -0.497 e. The van der Waals surface area contributed by atoms with Gasteiger partial charge < -0.3 is 4.74 Å². The topological polar surface area (TPSA) is 73.6 Å². The molecule has 4 aromatic rings. The predicted octanol–water partition coefficient (Wildman–Crippen LogP) is 4.35. The zero-order valence-electron chi connectivity index (χ0n) is 15.3. The van der Waals surface area contributed by atoms with Crippen molar-refractivity contribution in [2.45, 2.75) is 27.6 Å². The SMILES string of the molecule is COc1ccc2c(C)cc3nnc(Sc4ccc(S(=O)(=O)C(F)F)cc4)n3c2c1. The van der Waals surface area contributed by atoms with E-state index in [4.69, 9.17) is 4.74 Å². The van der Waals surface area contributed by atoms with E-state index in [1.807, 2.05) is 35.6 Å². The van der Waals surface area contributed by atoms with Gasteiger partial charge in [-0.1, -0.05) is 0 Å². The third-order valence-electron chi connectivity index (χ3n) is 4.47. The second-order valence-corrected chi connectivity index (χ2v) is 9.22. The summed E-state index contributed by atoms with van der Waals surface area (Å²) in [5.74, 6) is -2.76. The maximum Gasteiger partial charge on any atom is 0.341 e. The Labute approximate surface area is 169 Å². The fraction of sp³-hybridized carbons (Fsp3) is 0.158. The van der Waals surface area contributed by atoms with E-state index in [-0.39, 0.29) is 0 Å². The number of benzene rings is 2. The second kappa shape index (κ2) is 7.27. The van der Waals surface area contributed by atoms with E-state index in [9.17, 15) is 17.2 Å². The molecule has 2 aromatic carbocycles. The molecule has 0 saturated heterocycles. The quantitative estimate of drug-likeness (QED) is 0.464. The van der Waals surface area contributed by atoms with Gasteiger partial charge in [0.05, 0.1) is 17.5 Å². The number of hydrogen-bond acceptors (Lipinski definition) is 6. The monoisotopic (exact) mass is 435 g/mol. The summed E-state index contributed by atoms with van der Waals surface area (Å²) in [6, 6.07) is 12.9. The summed E-state index contributed by atoms with van der Waals surface area (Å²) in [5, 5.41) is 10.0. The van der Waals surface area contributed by atoms with Gasteiger partial charge in [0, 0.05) is 16.3 Å². The first-order valence-corrected chi connectivity index (χ1v) is 10.8. The van der Waals surface area contributed by atoms with Gasteiger partial charge in [0.2, 0.25) is 15.0 Å². The zero-order valence-corrected chi connectivity index (χ0v) is 17.0. The first kappa shape index (κ1) is 19.6. The van der Waals surface area contributed by atoms with E-state index in [0.717, 1.165) is 16.5 Å². The standard InChI is InChI=1S/C19H15F2N3O3S2/c1-11-9-17-22-23-19(24(17)16-10-12(27-2)3-8-15(11)16)28-13-4-6-14(7-5-13)29(25,26)18(20)21/h3-10,18H,1-2H3. The molecule has 0 aliphatic carbocycles. The Bertz CT molecular complexity index is 1320. The fourth-order valence-electron chi connectivity index (χ4n) is 3.00. The minimum atomic E-state index is -4.62. The van der Waals surface area contributed by atoms with E-state index in [1.165, 1.54) is 36.0 Å². The number of pyridine rings is 1. The molecule has 29 heavy (non-hydrogen) atoms. The van der Waals surface area contributed by atoms with Gasteiger partial charge in [-0.25, -0.2) is 8.42 Å². The van der Waals surface area contributed by atoms with Gasteiger partial charge in [0.15, 0.2) is 5.65 Å². The molecule has 0 fully saturated rings. The molecule has 0 aliphatic heterocycles. The fourth-order valence-corrected chi connectivity index (χ4v) is 4.57. The van der Waals surface area contributed by atoms with Gasteiger partial charge in [0.25, 0.3) is 0 Å². The molecule has 0 aliphatic rings. The molecular weight excluding hydrogens is 420 g/mol. The Morgan fingerprint density at radius 2 is 1.79 bits per heavy atom. The van der Waals surface area contributed by atoms with Gasteiger partial charge in [0.1, 0.15) is 5.75 Å². The van der Waals surface area contributed by atoms with Crippen LogP contribution in [0.15, 0.2) is 63.5 Å². The molecule has 10 heteroatoms. The number of aromatic nitrogens is 3. The summed E-state index contributed by atoms with van der Waals surface area (Å²) in [7, 11) is -3.03. The number of hydrogen-bond donors (Lipinski definition) is 0. The molecule has 2 heterocycles. The van der Waals surface area contributed by atoms with Crippen molar-refractivity contribution in [2.75, 3.05) is 7.11 Å². The molecular formula is C19H15F2N3O3S2. The van der Waals surface area contributed by atoms with E-state index in [1.54, 1.807) is 7.11 Å². The Hall–Kier alpha value is -2.72. The number of halogens is 2. The van der Waals surface area contributed by atoms with Crippen LogP contribution in [-0.4, -0.2) is 35.9 Å². The van der Waals surface area contributed by atoms with Crippen LogP contribution < -0.4 is 4.74 Å². The Kier molecular flexibility index (Phi) is 4.91. The zero-order chi connectivity index (χ0) is 20.8. The van der Waals surface area contributed by atoms with Crippen molar-refractivity contribution < 1.29 is 21.9 Å². The average Bonchev–Trinajstić information content (AvgIpc) is 3.10. The van der Waals surface area contributed by atoms with Crippen molar-refractivity contribution in [3.05, 3.63) is 54.1 Å². The number of rotatable bonds is 5. The molecule has 6 nitrogen and oxygen atoms in total. The highest BCUT2D eigenvalue weighted by atomic mass is 32.2. The van der Waals surface area contributed by atoms with Crippen molar-refractivity contribution in [1.29, 1.82) is 0 Å². The van der Waals surface area contributed by atoms with E-state index >= 15 is 0 Å². The number of alkyl halides is 2. The van der Waals surface area contributed by atoms with Crippen molar-refractivity contribution in [1.82, 2.24) is 14.6 Å². The van der Waals surface area contributed by atoms with Crippen LogP contribution in [0.1, 0.15) is 5.56 Å². The molecule has 0 amide bonds. The van der Waals surface area contributed by atoms with Crippen molar-refractivity contribution in [3.8, 4) is 5.75 Å². The van der Waals surface area contributed by atoms with Crippen LogP contribution in [0.3, 0.4) is 0 Å². The average molecular weight is 435 g/mol. The van der Waals surface area contributed by atoms with E-state index in [2.05, 4.69) is 10.2 Å². The molecule has 2 aromatic heterocycles. The van der Waals surface area contributed by atoms with Crippen molar-refractivity contribution >= 4 is 38.1 Å². The summed E-state index contributed by atoms with van der Waals surface area (Å²) in [5.41, 5.74) is 2.56. The van der Waals surface area contributed by atoms with Gasteiger partial charge in [-0.2, -0.15) is 8.78 Å². The highest BCUT2D eigenvalue weighted by Crippen LogP contribution is 2.32. The van der Waals surface area contributed by atoms with Crippen LogP contribution in [-0.2, 0) is 9.84 Å². The molecule has 0 bridgehead atoms. The summed E-state index contributed by atoms with van der Waals surface area (Å²) in [6.45, 7) is 1.98. The van der Waals surface area contributed by atoms with Gasteiger partial charge in [-0.15, -0.1) is 10.2 Å². The molecule has 150 valence electrons. The highest BCUT2D eigenvalue weighted by molar-refractivity contribution is 7.99. The minimum absolute atomic E-state index is 0.422. The van der Waals surface area contributed by atoms with Crippen LogP contribution in [0.5, 0.6) is 5.75 Å². The van der Waals surface area contributed by atoms with E-state index < -0.39 is 20.5 Å². The van der Waals surface area contributed by atoms with Gasteiger partial charge >= 0.3 is 5.76 Å². The highest BCUT2D eigenvalue weighted by Gasteiger charge is 2.26. The Balaban J connectivity index is 1.78. The predicted molar refractivity (Wildman–Crippen MR) is 106 cm³/mol. The second-order valence-electron chi connectivity index (χ2n) is 6.27. The number of ether oxygens (including phenoxy) is 1. The van der Waals surface area contributed by atoms with Gasteiger partial charge in [-0.3, -0.25) is 4.40 Å². The van der Waals surface area contributed by atoms with Crippen molar-refractivity contribution in [3.63, 3.8) is 0 Å². The number of fused-ring (bicyclic) bond motifs is 3.